The Labute approximate surface area is 185 Å². The minimum atomic E-state index is -0.769. The van der Waals surface area contributed by atoms with Gasteiger partial charge in [-0.05, 0) is 56.7 Å². The van der Waals surface area contributed by atoms with E-state index >= 15 is 0 Å². The molecule has 8 nitrogen and oxygen atoms in total. The van der Waals surface area contributed by atoms with Gasteiger partial charge >= 0.3 is 0 Å². The number of hydrogen-bond donors (Lipinski definition) is 1. The highest BCUT2D eigenvalue weighted by molar-refractivity contribution is 5.94. The van der Waals surface area contributed by atoms with Gasteiger partial charge in [-0.25, -0.2) is 9.36 Å². The third-order valence-corrected chi connectivity index (χ3v) is 5.49. The zero-order chi connectivity index (χ0) is 22.8. The first-order chi connectivity index (χ1) is 15.4. The van der Waals surface area contributed by atoms with Crippen LogP contribution in [0, 0.1) is 13.8 Å². The van der Waals surface area contributed by atoms with Gasteiger partial charge in [0, 0.05) is 5.69 Å². The van der Waals surface area contributed by atoms with Gasteiger partial charge in [-0.2, -0.15) is 10.2 Å². The number of hydrogen-bond acceptors (Lipinski definition) is 5. The van der Waals surface area contributed by atoms with Gasteiger partial charge in [-0.1, -0.05) is 25.1 Å². The van der Waals surface area contributed by atoms with Crippen LogP contribution < -0.4 is 15.6 Å². The first-order valence-electron chi connectivity index (χ1n) is 10.4. The molecule has 2 heterocycles. The van der Waals surface area contributed by atoms with E-state index in [4.69, 9.17) is 4.74 Å². The lowest BCUT2D eigenvalue weighted by molar-refractivity contribution is -0.119. The molecular formula is C24H25N5O3. The van der Waals surface area contributed by atoms with E-state index in [2.05, 4.69) is 15.5 Å². The number of amides is 1. The standard InChI is InChI=1S/C24H25N5O3/c1-5-20(23(30)25-17-11-13-19(32-4)14-12-17)29-24(31)22-21(15(2)26-29)16(3)28(27-22)18-9-7-6-8-10-18/h6-14,20H,5H2,1-4H3,(H,25,30)/t20-/m0/s1. The summed E-state index contributed by atoms with van der Waals surface area (Å²) in [4.78, 5) is 26.4. The van der Waals surface area contributed by atoms with E-state index in [0.29, 0.717) is 34.5 Å². The molecular weight excluding hydrogens is 406 g/mol. The lowest BCUT2D eigenvalue weighted by Crippen LogP contribution is -2.35. The molecule has 0 saturated heterocycles. The summed E-state index contributed by atoms with van der Waals surface area (Å²) >= 11 is 0. The fourth-order valence-corrected chi connectivity index (χ4v) is 3.85. The molecule has 164 valence electrons. The zero-order valence-electron chi connectivity index (χ0n) is 18.5. The largest absolute Gasteiger partial charge is 0.497 e. The minimum Gasteiger partial charge on any atom is -0.497 e. The average Bonchev–Trinajstić information content (AvgIpc) is 3.16. The Morgan fingerprint density at radius 1 is 1.06 bits per heavy atom. The Bertz CT molecular complexity index is 1320. The maximum absolute atomic E-state index is 13.3. The molecule has 4 rings (SSSR count). The number of aromatic nitrogens is 4. The number of anilines is 1. The summed E-state index contributed by atoms with van der Waals surface area (Å²) < 4.78 is 8.14. The van der Waals surface area contributed by atoms with Crippen LogP contribution in [-0.2, 0) is 4.79 Å². The highest BCUT2D eigenvalue weighted by Gasteiger charge is 2.25. The van der Waals surface area contributed by atoms with E-state index in [0.717, 1.165) is 11.4 Å². The zero-order valence-corrected chi connectivity index (χ0v) is 18.5. The topological polar surface area (TPSA) is 91.0 Å². The third-order valence-electron chi connectivity index (χ3n) is 5.49. The molecule has 0 spiro atoms. The maximum atomic E-state index is 13.3. The highest BCUT2D eigenvalue weighted by atomic mass is 16.5. The number of benzene rings is 2. The number of carbonyl (C=O) groups excluding carboxylic acids is 1. The van der Waals surface area contributed by atoms with E-state index in [9.17, 15) is 9.59 Å². The van der Waals surface area contributed by atoms with Crippen LogP contribution in [0.4, 0.5) is 5.69 Å². The van der Waals surface area contributed by atoms with Crippen LogP contribution in [0.2, 0.25) is 0 Å². The molecule has 0 fully saturated rings. The predicted octanol–water partition coefficient (Wildman–Crippen LogP) is 3.80. The molecule has 2 aromatic carbocycles. The van der Waals surface area contributed by atoms with Crippen molar-refractivity contribution in [1.29, 1.82) is 0 Å². The van der Waals surface area contributed by atoms with Crippen LogP contribution in [0.25, 0.3) is 16.6 Å². The second-order valence-electron chi connectivity index (χ2n) is 7.53. The first kappa shape index (κ1) is 21.3. The molecule has 0 saturated carbocycles. The number of nitrogens with one attached hydrogen (secondary N) is 1. The number of ether oxygens (including phenoxy) is 1. The van der Waals surface area contributed by atoms with Crippen molar-refractivity contribution in [2.75, 3.05) is 12.4 Å². The molecule has 4 aromatic rings. The highest BCUT2D eigenvalue weighted by Crippen LogP contribution is 2.23. The lowest BCUT2D eigenvalue weighted by Gasteiger charge is -2.17. The summed E-state index contributed by atoms with van der Waals surface area (Å²) in [6.07, 6.45) is 0.401. The third kappa shape index (κ3) is 3.75. The Morgan fingerprint density at radius 3 is 2.38 bits per heavy atom. The number of carbonyl (C=O) groups is 1. The number of para-hydroxylation sites is 1. The van der Waals surface area contributed by atoms with Crippen molar-refractivity contribution in [3.8, 4) is 11.4 Å². The predicted molar refractivity (Wildman–Crippen MR) is 124 cm³/mol. The Balaban J connectivity index is 1.74. The molecule has 0 aliphatic rings. The van der Waals surface area contributed by atoms with E-state index < -0.39 is 6.04 Å². The van der Waals surface area contributed by atoms with Gasteiger partial charge in [0.1, 0.15) is 11.8 Å². The Kier molecular flexibility index (Phi) is 5.77. The van der Waals surface area contributed by atoms with Gasteiger partial charge in [0.15, 0.2) is 5.52 Å². The number of rotatable bonds is 6. The van der Waals surface area contributed by atoms with Crippen LogP contribution >= 0.6 is 0 Å². The molecule has 0 radical (unpaired) electrons. The Hall–Kier alpha value is -3.94. The van der Waals surface area contributed by atoms with Crippen LogP contribution in [-0.4, -0.2) is 32.6 Å². The quantitative estimate of drug-likeness (QED) is 0.501. The summed E-state index contributed by atoms with van der Waals surface area (Å²) in [5.41, 5.74) is 2.86. The SMILES string of the molecule is CC[C@@H](C(=O)Nc1ccc(OC)cc1)n1nc(C)c2c(C)n(-c3ccccc3)nc2c1=O. The van der Waals surface area contributed by atoms with E-state index in [1.165, 1.54) is 4.68 Å². The normalized spacial score (nSPS) is 12.0. The van der Waals surface area contributed by atoms with Gasteiger partial charge in [0.05, 0.1) is 29.6 Å². The van der Waals surface area contributed by atoms with Crippen molar-refractivity contribution in [1.82, 2.24) is 19.6 Å². The molecule has 2 aromatic heterocycles. The van der Waals surface area contributed by atoms with Gasteiger partial charge in [-0.3, -0.25) is 9.59 Å². The van der Waals surface area contributed by atoms with Crippen LogP contribution in [0.5, 0.6) is 5.75 Å². The number of fused-ring (bicyclic) bond motifs is 1. The fourth-order valence-electron chi connectivity index (χ4n) is 3.85. The molecule has 1 amide bonds. The average molecular weight is 431 g/mol. The Morgan fingerprint density at radius 2 is 1.75 bits per heavy atom. The van der Waals surface area contributed by atoms with Crippen LogP contribution in [0.15, 0.2) is 59.4 Å². The molecule has 0 bridgehead atoms. The molecule has 8 heteroatoms. The van der Waals surface area contributed by atoms with E-state index in [1.54, 1.807) is 36.1 Å². The van der Waals surface area contributed by atoms with Crippen molar-refractivity contribution in [3.05, 3.63) is 76.3 Å². The first-order valence-corrected chi connectivity index (χ1v) is 10.4. The summed E-state index contributed by atoms with van der Waals surface area (Å²) in [6.45, 7) is 5.59. The summed E-state index contributed by atoms with van der Waals surface area (Å²) in [5.74, 6) is 0.378. The summed E-state index contributed by atoms with van der Waals surface area (Å²) in [7, 11) is 1.58. The molecule has 0 aliphatic heterocycles. The monoisotopic (exact) mass is 431 g/mol. The summed E-state index contributed by atoms with van der Waals surface area (Å²) in [6, 6.07) is 15.9. The lowest BCUT2D eigenvalue weighted by atomic mass is 10.1. The molecule has 32 heavy (non-hydrogen) atoms. The number of methoxy groups -OCH3 is 1. The van der Waals surface area contributed by atoms with Crippen LogP contribution in [0.1, 0.15) is 30.8 Å². The van der Waals surface area contributed by atoms with Gasteiger partial charge in [-0.15, -0.1) is 0 Å². The van der Waals surface area contributed by atoms with Gasteiger partial charge < -0.3 is 10.1 Å². The smallest absolute Gasteiger partial charge is 0.295 e. The second kappa shape index (κ2) is 8.66. The van der Waals surface area contributed by atoms with E-state index in [-0.39, 0.29) is 11.5 Å². The van der Waals surface area contributed by atoms with Crippen molar-refractivity contribution >= 4 is 22.5 Å². The second-order valence-corrected chi connectivity index (χ2v) is 7.53. The molecule has 0 aliphatic carbocycles. The van der Waals surface area contributed by atoms with Crippen molar-refractivity contribution in [2.24, 2.45) is 0 Å². The van der Waals surface area contributed by atoms with Crippen molar-refractivity contribution in [2.45, 2.75) is 33.2 Å². The number of aryl methyl sites for hydroxylation is 2. The fraction of sp³-hybridized carbons (Fsp3) is 0.250. The van der Waals surface area contributed by atoms with Gasteiger partial charge in [0.25, 0.3) is 5.56 Å². The van der Waals surface area contributed by atoms with Gasteiger partial charge in [0.2, 0.25) is 5.91 Å². The molecule has 1 atom stereocenters. The van der Waals surface area contributed by atoms with Crippen molar-refractivity contribution in [3.63, 3.8) is 0 Å². The minimum absolute atomic E-state index is 0.301. The van der Waals surface area contributed by atoms with Crippen LogP contribution in [0.3, 0.4) is 0 Å². The van der Waals surface area contributed by atoms with Crippen molar-refractivity contribution < 1.29 is 9.53 Å². The molecule has 1 N–H and O–H groups in total. The summed E-state index contributed by atoms with van der Waals surface area (Å²) in [5, 5.41) is 12.6. The van der Waals surface area contributed by atoms with E-state index in [1.807, 2.05) is 51.1 Å². The maximum Gasteiger partial charge on any atom is 0.295 e. The molecule has 0 unspecified atom stereocenters. The number of nitrogens with zero attached hydrogens (tertiary/aromatic N) is 4.